The molecule has 2 aliphatic rings. The molecule has 0 saturated heterocycles. The maximum Gasteiger partial charge on any atom is -0.0269 e. The van der Waals surface area contributed by atoms with Crippen LogP contribution in [0.25, 0.3) is 0 Å². The highest BCUT2D eigenvalue weighted by Crippen LogP contribution is 2.56. The Balaban J connectivity index is 1.97. The zero-order chi connectivity index (χ0) is 8.44. The van der Waals surface area contributed by atoms with E-state index >= 15 is 0 Å². The molecule has 0 aromatic carbocycles. The minimum atomic E-state index is 0.857. The second kappa shape index (κ2) is 3.40. The van der Waals surface area contributed by atoms with E-state index in [-0.39, 0.29) is 0 Å². The first-order valence-corrected chi connectivity index (χ1v) is 5.87. The zero-order valence-electron chi connectivity index (χ0n) is 8.44. The molecule has 0 heterocycles. The summed E-state index contributed by atoms with van der Waals surface area (Å²) in [4.78, 5) is 0. The average molecular weight is 166 g/mol. The molecule has 0 radical (unpaired) electrons. The van der Waals surface area contributed by atoms with Crippen molar-refractivity contribution in [3.05, 3.63) is 0 Å². The van der Waals surface area contributed by atoms with Crippen LogP contribution in [-0.4, -0.2) is 0 Å². The van der Waals surface area contributed by atoms with Gasteiger partial charge in [-0.3, -0.25) is 0 Å². The second-order valence-electron chi connectivity index (χ2n) is 4.95. The SMILES string of the molecule is CCCCC12CCCC1CCC2. The van der Waals surface area contributed by atoms with E-state index in [1.165, 1.54) is 25.7 Å². The van der Waals surface area contributed by atoms with Gasteiger partial charge in [-0.05, 0) is 43.4 Å². The number of rotatable bonds is 3. The lowest BCUT2D eigenvalue weighted by molar-refractivity contribution is 0.214. The van der Waals surface area contributed by atoms with Gasteiger partial charge in [-0.1, -0.05) is 32.6 Å². The van der Waals surface area contributed by atoms with Crippen LogP contribution in [0.2, 0.25) is 0 Å². The van der Waals surface area contributed by atoms with Crippen molar-refractivity contribution in [1.82, 2.24) is 0 Å². The Hall–Kier alpha value is 0. The zero-order valence-corrected chi connectivity index (χ0v) is 8.44. The minimum Gasteiger partial charge on any atom is -0.0654 e. The Morgan fingerprint density at radius 2 is 1.83 bits per heavy atom. The van der Waals surface area contributed by atoms with Crippen molar-refractivity contribution in [2.75, 3.05) is 0 Å². The highest BCUT2D eigenvalue weighted by Gasteiger charge is 2.44. The van der Waals surface area contributed by atoms with Crippen molar-refractivity contribution in [3.8, 4) is 0 Å². The first-order valence-electron chi connectivity index (χ1n) is 5.87. The highest BCUT2D eigenvalue weighted by atomic mass is 14.5. The lowest BCUT2D eigenvalue weighted by atomic mass is 9.76. The number of fused-ring (bicyclic) bond motifs is 1. The van der Waals surface area contributed by atoms with E-state index in [1.54, 1.807) is 32.1 Å². The van der Waals surface area contributed by atoms with Crippen LogP contribution >= 0.6 is 0 Å². The molecule has 0 heteroatoms. The summed E-state index contributed by atoms with van der Waals surface area (Å²) >= 11 is 0. The van der Waals surface area contributed by atoms with E-state index in [0.717, 1.165) is 11.3 Å². The quantitative estimate of drug-likeness (QED) is 0.591. The second-order valence-corrected chi connectivity index (χ2v) is 4.95. The summed E-state index contributed by atoms with van der Waals surface area (Å²) in [6.07, 6.45) is 13.8. The van der Waals surface area contributed by atoms with E-state index in [1.807, 2.05) is 0 Å². The van der Waals surface area contributed by atoms with Crippen molar-refractivity contribution < 1.29 is 0 Å². The van der Waals surface area contributed by atoms with Gasteiger partial charge in [0.15, 0.2) is 0 Å². The van der Waals surface area contributed by atoms with Gasteiger partial charge in [0.25, 0.3) is 0 Å². The van der Waals surface area contributed by atoms with E-state index in [0.29, 0.717) is 0 Å². The third-order valence-electron chi connectivity index (χ3n) is 4.35. The maximum absolute atomic E-state index is 2.33. The fourth-order valence-corrected chi connectivity index (χ4v) is 3.67. The highest BCUT2D eigenvalue weighted by molar-refractivity contribution is 4.95. The fraction of sp³-hybridized carbons (Fsp3) is 1.00. The molecule has 12 heavy (non-hydrogen) atoms. The molecule has 0 aromatic heterocycles. The lowest BCUT2D eigenvalue weighted by Gasteiger charge is -2.29. The summed E-state index contributed by atoms with van der Waals surface area (Å²) in [5, 5.41) is 0. The summed E-state index contributed by atoms with van der Waals surface area (Å²) in [5.41, 5.74) is 0.857. The summed E-state index contributed by atoms with van der Waals surface area (Å²) in [7, 11) is 0. The maximum atomic E-state index is 2.33. The molecule has 0 aromatic rings. The van der Waals surface area contributed by atoms with E-state index in [9.17, 15) is 0 Å². The van der Waals surface area contributed by atoms with Crippen LogP contribution in [0, 0.1) is 11.3 Å². The minimum absolute atomic E-state index is 0.857. The third-order valence-corrected chi connectivity index (χ3v) is 4.35. The Morgan fingerprint density at radius 1 is 1.17 bits per heavy atom. The smallest absolute Gasteiger partial charge is 0.0269 e. The summed E-state index contributed by atoms with van der Waals surface area (Å²) in [6, 6.07) is 0. The van der Waals surface area contributed by atoms with E-state index < -0.39 is 0 Å². The molecule has 0 aliphatic heterocycles. The van der Waals surface area contributed by atoms with Gasteiger partial charge in [0.1, 0.15) is 0 Å². The first-order chi connectivity index (χ1) is 5.87. The van der Waals surface area contributed by atoms with Gasteiger partial charge < -0.3 is 0 Å². The van der Waals surface area contributed by atoms with Crippen molar-refractivity contribution >= 4 is 0 Å². The van der Waals surface area contributed by atoms with Crippen LogP contribution in [0.5, 0.6) is 0 Å². The standard InChI is InChI=1S/C12H22/c1-2-3-8-12-9-4-6-11(12)7-5-10-12/h11H,2-10H2,1H3. The normalized spacial score (nSPS) is 40.2. The number of hydrogen-bond acceptors (Lipinski definition) is 0. The molecule has 70 valence electrons. The largest absolute Gasteiger partial charge is 0.0654 e. The molecule has 0 spiro atoms. The monoisotopic (exact) mass is 166 g/mol. The van der Waals surface area contributed by atoms with Gasteiger partial charge in [0.05, 0.1) is 0 Å². The Kier molecular flexibility index (Phi) is 2.43. The van der Waals surface area contributed by atoms with Crippen molar-refractivity contribution in [3.63, 3.8) is 0 Å². The van der Waals surface area contributed by atoms with E-state index in [4.69, 9.17) is 0 Å². The molecule has 2 rings (SSSR count). The van der Waals surface area contributed by atoms with Crippen LogP contribution in [0.3, 0.4) is 0 Å². The Bertz CT molecular complexity index is 138. The van der Waals surface area contributed by atoms with Crippen LogP contribution in [0.1, 0.15) is 64.7 Å². The van der Waals surface area contributed by atoms with Crippen LogP contribution in [0.4, 0.5) is 0 Å². The molecule has 0 amide bonds. The predicted octanol–water partition coefficient (Wildman–Crippen LogP) is 4.15. The van der Waals surface area contributed by atoms with Gasteiger partial charge in [-0.25, -0.2) is 0 Å². The van der Waals surface area contributed by atoms with Gasteiger partial charge in [-0.15, -0.1) is 0 Å². The molecule has 2 fully saturated rings. The van der Waals surface area contributed by atoms with Crippen LogP contribution < -0.4 is 0 Å². The van der Waals surface area contributed by atoms with Crippen LogP contribution in [-0.2, 0) is 0 Å². The number of hydrogen-bond donors (Lipinski definition) is 0. The van der Waals surface area contributed by atoms with Crippen molar-refractivity contribution in [2.45, 2.75) is 64.7 Å². The molecule has 2 aliphatic carbocycles. The average Bonchev–Trinajstić information content (AvgIpc) is 2.58. The lowest BCUT2D eigenvalue weighted by Crippen LogP contribution is -2.19. The predicted molar refractivity (Wildman–Crippen MR) is 53.2 cm³/mol. The molecule has 0 nitrogen and oxygen atoms in total. The molecule has 0 bridgehead atoms. The van der Waals surface area contributed by atoms with Gasteiger partial charge in [-0.2, -0.15) is 0 Å². The summed E-state index contributed by atoms with van der Waals surface area (Å²) in [5.74, 6) is 1.14. The van der Waals surface area contributed by atoms with E-state index in [2.05, 4.69) is 6.92 Å². The summed E-state index contributed by atoms with van der Waals surface area (Å²) in [6.45, 7) is 2.33. The van der Waals surface area contributed by atoms with Crippen molar-refractivity contribution in [1.29, 1.82) is 0 Å². The topological polar surface area (TPSA) is 0 Å². The molecule has 0 unspecified atom stereocenters. The number of unbranched alkanes of at least 4 members (excludes halogenated alkanes) is 1. The first kappa shape index (κ1) is 8.59. The van der Waals surface area contributed by atoms with Gasteiger partial charge >= 0.3 is 0 Å². The molecule has 0 atom stereocenters. The van der Waals surface area contributed by atoms with Crippen molar-refractivity contribution in [2.24, 2.45) is 11.3 Å². The van der Waals surface area contributed by atoms with Crippen LogP contribution in [0.15, 0.2) is 0 Å². The molecule has 2 saturated carbocycles. The molecular formula is C12H22. The Morgan fingerprint density at radius 3 is 2.42 bits per heavy atom. The summed E-state index contributed by atoms with van der Waals surface area (Å²) < 4.78 is 0. The third kappa shape index (κ3) is 1.30. The molecular weight excluding hydrogens is 144 g/mol. The molecule has 0 N–H and O–H groups in total. The van der Waals surface area contributed by atoms with Gasteiger partial charge in [0.2, 0.25) is 0 Å². The van der Waals surface area contributed by atoms with Gasteiger partial charge in [0, 0.05) is 0 Å². The fourth-order valence-electron chi connectivity index (χ4n) is 3.67. The Labute approximate surface area is 76.7 Å².